The molecular weight excluding hydrogens is 324 g/mol. The van der Waals surface area contributed by atoms with Gasteiger partial charge in [0.2, 0.25) is 5.89 Å². The van der Waals surface area contributed by atoms with E-state index in [0.29, 0.717) is 0 Å². The first-order chi connectivity index (χ1) is 11.1. The van der Waals surface area contributed by atoms with Crippen LogP contribution in [0, 0.1) is 11.3 Å². The summed E-state index contributed by atoms with van der Waals surface area (Å²) < 4.78 is 10.7. The van der Waals surface area contributed by atoms with Crippen LogP contribution in [0.5, 0.6) is 0 Å². The molecule has 0 aliphatic heterocycles. The lowest BCUT2D eigenvalue weighted by molar-refractivity contribution is 0.0594. The Labute approximate surface area is 132 Å². The number of fused-ring (bicyclic) bond motifs is 1. The van der Waals surface area contributed by atoms with E-state index in [0.717, 1.165) is 16.3 Å². The minimum Gasteiger partial charge on any atom is -0.464 e. The molecule has 11 heteroatoms. The van der Waals surface area contributed by atoms with E-state index in [1.807, 2.05) is 6.07 Å². The van der Waals surface area contributed by atoms with Gasteiger partial charge in [0.1, 0.15) is 17.9 Å². The minimum atomic E-state index is -0.601. The van der Waals surface area contributed by atoms with E-state index in [1.54, 1.807) is 0 Å². The van der Waals surface area contributed by atoms with Crippen LogP contribution in [0.25, 0.3) is 5.65 Å². The zero-order valence-corrected chi connectivity index (χ0v) is 12.5. The molecule has 0 atom stereocenters. The van der Waals surface area contributed by atoms with Crippen molar-refractivity contribution in [2.75, 3.05) is 7.11 Å². The molecule has 0 saturated heterocycles. The highest BCUT2D eigenvalue weighted by atomic mass is 32.2. The third kappa shape index (κ3) is 2.79. The van der Waals surface area contributed by atoms with Gasteiger partial charge in [0.15, 0.2) is 16.5 Å². The highest BCUT2D eigenvalue weighted by Gasteiger charge is 2.14. The molecule has 0 saturated carbocycles. The Kier molecular flexibility index (Phi) is 3.82. The van der Waals surface area contributed by atoms with Crippen molar-refractivity contribution < 1.29 is 13.9 Å². The number of hydrogen-bond donors (Lipinski definition) is 1. The van der Waals surface area contributed by atoms with Crippen molar-refractivity contribution >= 4 is 23.4 Å². The molecule has 3 heterocycles. The average molecular weight is 332 g/mol. The molecular formula is C12H8N6O4S. The van der Waals surface area contributed by atoms with Gasteiger partial charge in [-0.3, -0.25) is 4.98 Å². The second-order valence-corrected chi connectivity index (χ2v) is 5.12. The number of esters is 1. The fraction of sp³-hybridized carbons (Fsp3) is 0.167. The number of carbonyl (C=O) groups is 1. The number of aromatic amines is 1. The fourth-order valence-electron chi connectivity index (χ4n) is 1.72. The van der Waals surface area contributed by atoms with E-state index in [-0.39, 0.29) is 33.7 Å². The van der Waals surface area contributed by atoms with Crippen LogP contribution in [0.2, 0.25) is 0 Å². The number of H-pyrrole nitrogens is 1. The Morgan fingerprint density at radius 1 is 1.57 bits per heavy atom. The van der Waals surface area contributed by atoms with Crippen LogP contribution in [0.1, 0.15) is 21.9 Å². The third-order valence-electron chi connectivity index (χ3n) is 2.76. The van der Waals surface area contributed by atoms with E-state index in [1.165, 1.54) is 19.6 Å². The Morgan fingerprint density at radius 3 is 3.13 bits per heavy atom. The van der Waals surface area contributed by atoms with Crippen LogP contribution >= 0.6 is 11.8 Å². The summed E-state index contributed by atoms with van der Waals surface area (Å²) in [5, 5.41) is 13.0. The molecule has 0 fully saturated rings. The summed E-state index contributed by atoms with van der Waals surface area (Å²) >= 11 is 1.13. The predicted molar refractivity (Wildman–Crippen MR) is 75.7 cm³/mol. The van der Waals surface area contributed by atoms with Crippen molar-refractivity contribution in [1.29, 1.82) is 5.26 Å². The molecule has 0 amide bonds. The van der Waals surface area contributed by atoms with Crippen LogP contribution in [0.15, 0.2) is 26.8 Å². The average Bonchev–Trinajstić information content (AvgIpc) is 3.19. The van der Waals surface area contributed by atoms with Crippen LogP contribution in [-0.4, -0.2) is 37.6 Å². The quantitative estimate of drug-likeness (QED) is 0.529. The molecule has 3 aromatic rings. The number of ether oxygens (including phenoxy) is 1. The van der Waals surface area contributed by atoms with Crippen molar-refractivity contribution in [3.05, 3.63) is 40.1 Å². The SMILES string of the molecule is COC(=O)c1coc(CSc2nc3c(C#N)cnn3c(=O)[nH]2)n1. The lowest BCUT2D eigenvalue weighted by atomic mass is 10.4. The molecule has 116 valence electrons. The number of methoxy groups -OCH3 is 1. The number of carbonyl (C=O) groups excluding carboxylic acids is 1. The molecule has 10 nitrogen and oxygen atoms in total. The highest BCUT2D eigenvalue weighted by molar-refractivity contribution is 7.98. The molecule has 0 bridgehead atoms. The fourth-order valence-corrected chi connectivity index (χ4v) is 2.42. The maximum atomic E-state index is 11.9. The predicted octanol–water partition coefficient (Wildman–Crippen LogP) is 0.356. The van der Waals surface area contributed by atoms with Gasteiger partial charge in [0, 0.05) is 0 Å². The summed E-state index contributed by atoms with van der Waals surface area (Å²) in [6, 6.07) is 1.91. The van der Waals surface area contributed by atoms with Crippen molar-refractivity contribution in [3.8, 4) is 6.07 Å². The normalized spacial score (nSPS) is 10.6. The summed E-state index contributed by atoms with van der Waals surface area (Å²) in [7, 11) is 1.24. The van der Waals surface area contributed by atoms with Crippen molar-refractivity contribution in [3.63, 3.8) is 0 Å². The van der Waals surface area contributed by atoms with Gasteiger partial charge in [-0.05, 0) is 0 Å². The Bertz CT molecular complexity index is 982. The molecule has 3 aromatic heterocycles. The van der Waals surface area contributed by atoms with E-state index in [2.05, 4.69) is 24.8 Å². The van der Waals surface area contributed by atoms with Gasteiger partial charge in [0.05, 0.1) is 19.1 Å². The van der Waals surface area contributed by atoms with Crippen molar-refractivity contribution in [2.45, 2.75) is 10.9 Å². The summed E-state index contributed by atoms with van der Waals surface area (Å²) in [6.07, 6.45) is 2.45. The summed E-state index contributed by atoms with van der Waals surface area (Å²) in [4.78, 5) is 33.8. The van der Waals surface area contributed by atoms with Crippen molar-refractivity contribution in [2.24, 2.45) is 0 Å². The number of hydrogen-bond acceptors (Lipinski definition) is 9. The molecule has 0 aliphatic carbocycles. The van der Waals surface area contributed by atoms with Gasteiger partial charge < -0.3 is 9.15 Å². The van der Waals surface area contributed by atoms with Crippen LogP contribution in [0.3, 0.4) is 0 Å². The number of rotatable bonds is 4. The first-order valence-corrected chi connectivity index (χ1v) is 7.14. The molecule has 23 heavy (non-hydrogen) atoms. The van der Waals surface area contributed by atoms with E-state index in [9.17, 15) is 9.59 Å². The van der Waals surface area contributed by atoms with E-state index < -0.39 is 11.7 Å². The number of thioether (sulfide) groups is 1. The van der Waals surface area contributed by atoms with Gasteiger partial charge in [-0.2, -0.15) is 14.9 Å². The molecule has 0 radical (unpaired) electrons. The number of oxazole rings is 1. The largest absolute Gasteiger partial charge is 0.464 e. The number of nitriles is 1. The first-order valence-electron chi connectivity index (χ1n) is 6.16. The number of nitrogens with one attached hydrogen (secondary N) is 1. The molecule has 0 aromatic carbocycles. The van der Waals surface area contributed by atoms with Crippen LogP contribution in [0.4, 0.5) is 0 Å². The van der Waals surface area contributed by atoms with E-state index >= 15 is 0 Å². The second kappa shape index (κ2) is 5.93. The molecule has 0 unspecified atom stereocenters. The summed E-state index contributed by atoms with van der Waals surface area (Å²) in [5.41, 5.74) is -0.0901. The molecule has 1 N–H and O–H groups in total. The Morgan fingerprint density at radius 2 is 2.39 bits per heavy atom. The zero-order valence-electron chi connectivity index (χ0n) is 11.6. The first kappa shape index (κ1) is 14.8. The smallest absolute Gasteiger partial charge is 0.360 e. The van der Waals surface area contributed by atoms with Gasteiger partial charge in [-0.15, -0.1) is 0 Å². The number of nitrogens with zero attached hydrogens (tertiary/aromatic N) is 5. The third-order valence-corrected chi connectivity index (χ3v) is 3.61. The molecule has 3 rings (SSSR count). The van der Waals surface area contributed by atoms with Gasteiger partial charge in [0.25, 0.3) is 0 Å². The van der Waals surface area contributed by atoms with Crippen LogP contribution < -0.4 is 5.69 Å². The second-order valence-electron chi connectivity index (χ2n) is 4.16. The van der Waals surface area contributed by atoms with Gasteiger partial charge in [-0.25, -0.2) is 19.6 Å². The summed E-state index contributed by atoms with van der Waals surface area (Å²) in [6.45, 7) is 0. The maximum Gasteiger partial charge on any atom is 0.360 e. The zero-order chi connectivity index (χ0) is 16.4. The maximum absolute atomic E-state index is 11.9. The standard InChI is InChI=1S/C12H8N6O4S/c1-21-10(19)7-4-22-8(15-7)5-23-11-16-9-6(2-13)3-14-18(9)12(20)17-11/h3-4H,5H2,1H3,(H,16,17,20). The van der Waals surface area contributed by atoms with E-state index in [4.69, 9.17) is 9.68 Å². The molecule has 0 spiro atoms. The minimum absolute atomic E-state index is 0.0579. The van der Waals surface area contributed by atoms with Gasteiger partial charge >= 0.3 is 11.7 Å². The molecule has 0 aliphatic rings. The Hall–Kier alpha value is -3.13. The summed E-state index contributed by atoms with van der Waals surface area (Å²) in [5.74, 6) is -0.102. The topological polar surface area (TPSA) is 139 Å². The lowest BCUT2D eigenvalue weighted by Crippen LogP contribution is -2.19. The Balaban J connectivity index is 1.82. The van der Waals surface area contributed by atoms with Crippen molar-refractivity contribution in [1.82, 2.24) is 24.6 Å². The lowest BCUT2D eigenvalue weighted by Gasteiger charge is -1.99. The monoisotopic (exact) mass is 332 g/mol. The van der Waals surface area contributed by atoms with Gasteiger partial charge in [-0.1, -0.05) is 11.8 Å². The van der Waals surface area contributed by atoms with Crippen LogP contribution in [-0.2, 0) is 10.5 Å². The highest BCUT2D eigenvalue weighted by Crippen LogP contribution is 2.19. The number of aromatic nitrogens is 5.